The molecule has 0 aromatic heterocycles. The highest BCUT2D eigenvalue weighted by molar-refractivity contribution is 14.1. The van der Waals surface area contributed by atoms with Crippen molar-refractivity contribution in [1.29, 1.82) is 0 Å². The minimum absolute atomic E-state index is 0.0865. The van der Waals surface area contributed by atoms with Gasteiger partial charge in [0.1, 0.15) is 11.6 Å². The van der Waals surface area contributed by atoms with Crippen molar-refractivity contribution < 1.29 is 14.3 Å². The summed E-state index contributed by atoms with van der Waals surface area (Å²) in [4.78, 5) is 25.4. The Kier molecular flexibility index (Phi) is 4.57. The lowest BCUT2D eigenvalue weighted by Gasteiger charge is -2.38. The van der Waals surface area contributed by atoms with Crippen LogP contribution in [-0.2, 0) is 14.3 Å². The number of halogens is 2. The van der Waals surface area contributed by atoms with E-state index in [-0.39, 0.29) is 11.9 Å². The molecule has 2 aliphatic rings. The van der Waals surface area contributed by atoms with E-state index in [0.717, 1.165) is 11.1 Å². The first kappa shape index (κ1) is 17.2. The van der Waals surface area contributed by atoms with Crippen LogP contribution in [0.2, 0.25) is 0 Å². The Bertz CT molecular complexity index is 800. The number of likely N-dealkylation sites (N-methyl/N-ethyl adjacent to an activating group) is 1. The number of carbonyl (C=O) groups is 2. The third-order valence-corrected chi connectivity index (χ3v) is 5.60. The fraction of sp³-hybridized carbons (Fsp3) is 0.222. The second-order valence-corrected chi connectivity index (χ2v) is 7.12. The van der Waals surface area contributed by atoms with Crippen LogP contribution in [0, 0.1) is 0 Å². The Labute approximate surface area is 158 Å². The molecule has 24 heavy (non-hydrogen) atoms. The van der Waals surface area contributed by atoms with Gasteiger partial charge in [0.25, 0.3) is 5.91 Å². The summed E-state index contributed by atoms with van der Waals surface area (Å²) in [6.45, 7) is 1.35. The number of hydrogen-bond acceptors (Lipinski definition) is 3. The standard InChI is InChI=1S/C18H15ClINO3/c1-11(22)24-13-8-9-18(14(19)10-13)15(12-6-4-3-5-7-12)16(20)17(23)21(18)2/h3-10,13H,1-2H3/t13-,18+/m0/s1. The second-order valence-electron chi connectivity index (χ2n) is 5.63. The molecule has 1 aromatic rings. The van der Waals surface area contributed by atoms with Crippen LogP contribution in [0.15, 0.2) is 57.2 Å². The van der Waals surface area contributed by atoms with Gasteiger partial charge in [-0.15, -0.1) is 0 Å². The number of benzene rings is 1. The Balaban J connectivity index is 2.13. The Morgan fingerprint density at radius 2 is 2.00 bits per heavy atom. The fourth-order valence-corrected chi connectivity index (χ4v) is 4.57. The monoisotopic (exact) mass is 455 g/mol. The largest absolute Gasteiger partial charge is 0.454 e. The van der Waals surface area contributed by atoms with Gasteiger partial charge in [0, 0.05) is 19.5 Å². The topological polar surface area (TPSA) is 46.6 Å². The van der Waals surface area contributed by atoms with Gasteiger partial charge in [-0.1, -0.05) is 41.9 Å². The predicted molar refractivity (Wildman–Crippen MR) is 102 cm³/mol. The van der Waals surface area contributed by atoms with Gasteiger partial charge in [-0.05, 0) is 46.4 Å². The molecule has 0 radical (unpaired) electrons. The Morgan fingerprint density at radius 1 is 1.33 bits per heavy atom. The SMILES string of the molecule is CC(=O)O[C@H]1C=C[C@@]2(C(Cl)=C1)C(c1ccccc1)=C(I)C(=O)N2C. The third kappa shape index (κ3) is 2.59. The van der Waals surface area contributed by atoms with Gasteiger partial charge in [-0.25, -0.2) is 0 Å². The Morgan fingerprint density at radius 3 is 2.58 bits per heavy atom. The van der Waals surface area contributed by atoms with E-state index in [0.29, 0.717) is 8.61 Å². The molecular formula is C18H15ClINO3. The molecule has 0 unspecified atom stereocenters. The average Bonchev–Trinajstić information content (AvgIpc) is 2.74. The fourth-order valence-electron chi connectivity index (χ4n) is 3.08. The number of amides is 1. The molecule has 1 amide bonds. The zero-order valence-corrected chi connectivity index (χ0v) is 16.0. The zero-order valence-electron chi connectivity index (χ0n) is 13.1. The molecule has 0 N–H and O–H groups in total. The van der Waals surface area contributed by atoms with E-state index in [1.165, 1.54) is 6.92 Å². The highest BCUT2D eigenvalue weighted by atomic mass is 127. The number of nitrogens with zero attached hydrogens (tertiary/aromatic N) is 1. The molecule has 1 aliphatic carbocycles. The molecule has 3 rings (SSSR count). The van der Waals surface area contributed by atoms with Crippen molar-refractivity contribution >= 4 is 51.6 Å². The van der Waals surface area contributed by atoms with Crippen LogP contribution in [0.4, 0.5) is 0 Å². The Hall–Kier alpha value is -1.60. The summed E-state index contributed by atoms with van der Waals surface area (Å²) in [5, 5.41) is 0.442. The summed E-state index contributed by atoms with van der Waals surface area (Å²) in [6.07, 6.45) is 4.74. The maximum atomic E-state index is 12.6. The molecule has 1 aliphatic heterocycles. The average molecular weight is 456 g/mol. The van der Waals surface area contributed by atoms with Gasteiger partial charge in [-0.2, -0.15) is 0 Å². The smallest absolute Gasteiger partial charge is 0.303 e. The van der Waals surface area contributed by atoms with E-state index in [1.54, 1.807) is 24.1 Å². The molecule has 0 saturated heterocycles. The van der Waals surface area contributed by atoms with Crippen molar-refractivity contribution in [2.45, 2.75) is 18.6 Å². The molecular weight excluding hydrogens is 441 g/mol. The summed E-state index contributed by atoms with van der Waals surface area (Å²) >= 11 is 8.68. The molecule has 0 bridgehead atoms. The lowest BCUT2D eigenvalue weighted by Crippen LogP contribution is -2.46. The van der Waals surface area contributed by atoms with Crippen LogP contribution in [0.25, 0.3) is 5.57 Å². The summed E-state index contributed by atoms with van der Waals surface area (Å²) in [5.74, 6) is -0.470. The quantitative estimate of drug-likeness (QED) is 0.388. The minimum Gasteiger partial charge on any atom is -0.454 e. The highest BCUT2D eigenvalue weighted by Crippen LogP contribution is 2.51. The third-order valence-electron chi connectivity index (χ3n) is 4.19. The number of carbonyl (C=O) groups excluding carboxylic acids is 2. The molecule has 1 heterocycles. The van der Waals surface area contributed by atoms with Crippen molar-refractivity contribution in [3.63, 3.8) is 0 Å². The van der Waals surface area contributed by atoms with Gasteiger partial charge in [0.05, 0.1) is 8.61 Å². The summed E-state index contributed by atoms with van der Waals surface area (Å²) < 4.78 is 5.81. The highest BCUT2D eigenvalue weighted by Gasteiger charge is 2.51. The van der Waals surface area contributed by atoms with Crippen LogP contribution in [0.1, 0.15) is 12.5 Å². The number of ether oxygens (including phenoxy) is 1. The van der Waals surface area contributed by atoms with Crippen molar-refractivity contribution in [1.82, 2.24) is 4.90 Å². The summed E-state index contributed by atoms with van der Waals surface area (Å²) in [7, 11) is 1.73. The first-order valence-electron chi connectivity index (χ1n) is 7.36. The number of rotatable bonds is 2. The van der Waals surface area contributed by atoms with E-state index < -0.39 is 11.6 Å². The lowest BCUT2D eigenvalue weighted by atomic mass is 9.82. The van der Waals surface area contributed by atoms with Gasteiger partial charge in [-0.3, -0.25) is 9.59 Å². The molecule has 124 valence electrons. The van der Waals surface area contributed by atoms with E-state index in [2.05, 4.69) is 22.6 Å². The van der Waals surface area contributed by atoms with E-state index in [4.69, 9.17) is 16.3 Å². The number of esters is 1. The maximum Gasteiger partial charge on any atom is 0.303 e. The van der Waals surface area contributed by atoms with Gasteiger partial charge in [0.2, 0.25) is 0 Å². The van der Waals surface area contributed by atoms with Crippen molar-refractivity contribution in [3.8, 4) is 0 Å². The normalized spacial score (nSPS) is 26.2. The minimum atomic E-state index is -0.868. The zero-order chi connectivity index (χ0) is 17.5. The summed E-state index contributed by atoms with van der Waals surface area (Å²) in [5.41, 5.74) is 0.907. The van der Waals surface area contributed by atoms with Gasteiger partial charge < -0.3 is 9.64 Å². The van der Waals surface area contributed by atoms with Crippen molar-refractivity contribution in [2.24, 2.45) is 0 Å². The van der Waals surface area contributed by atoms with Crippen LogP contribution in [0.3, 0.4) is 0 Å². The van der Waals surface area contributed by atoms with E-state index in [9.17, 15) is 9.59 Å². The van der Waals surface area contributed by atoms with Crippen molar-refractivity contribution in [3.05, 3.63) is 62.7 Å². The molecule has 4 nitrogen and oxygen atoms in total. The number of hydrogen-bond donors (Lipinski definition) is 0. The van der Waals surface area contributed by atoms with E-state index in [1.807, 2.05) is 36.4 Å². The van der Waals surface area contributed by atoms with E-state index >= 15 is 0 Å². The second kappa shape index (κ2) is 6.37. The molecule has 2 atom stereocenters. The van der Waals surface area contributed by atoms with Crippen LogP contribution >= 0.6 is 34.2 Å². The molecule has 0 saturated carbocycles. The van der Waals surface area contributed by atoms with Gasteiger partial charge >= 0.3 is 5.97 Å². The van der Waals surface area contributed by atoms with Crippen LogP contribution in [0.5, 0.6) is 0 Å². The van der Waals surface area contributed by atoms with Crippen LogP contribution in [-0.4, -0.2) is 35.5 Å². The molecule has 0 fully saturated rings. The van der Waals surface area contributed by atoms with Gasteiger partial charge in [0.15, 0.2) is 0 Å². The first-order chi connectivity index (χ1) is 11.4. The van der Waals surface area contributed by atoms with Crippen LogP contribution < -0.4 is 0 Å². The van der Waals surface area contributed by atoms with Crippen molar-refractivity contribution in [2.75, 3.05) is 7.05 Å². The predicted octanol–water partition coefficient (Wildman–Crippen LogP) is 3.67. The lowest BCUT2D eigenvalue weighted by molar-refractivity contribution is -0.142. The maximum absolute atomic E-state index is 12.6. The summed E-state index contributed by atoms with van der Waals surface area (Å²) in [6, 6.07) is 9.69. The molecule has 6 heteroatoms. The first-order valence-corrected chi connectivity index (χ1v) is 8.82. The molecule has 1 aromatic carbocycles. The molecule has 1 spiro atoms.